The zero-order chi connectivity index (χ0) is 17.5. The Hall–Kier alpha value is -1.77. The van der Waals surface area contributed by atoms with Gasteiger partial charge >= 0.3 is 11.9 Å². The molecule has 0 heterocycles. The van der Waals surface area contributed by atoms with Gasteiger partial charge in [0, 0.05) is 12.8 Å². The largest absolute Gasteiger partial charge is 0.469 e. The number of benzene rings is 1. The van der Waals surface area contributed by atoms with Crippen LogP contribution in [0.4, 0.5) is 0 Å². The number of nitriles is 1. The number of hydrogen-bond donors (Lipinski definition) is 0. The molecule has 23 heavy (non-hydrogen) atoms. The van der Waals surface area contributed by atoms with E-state index < -0.39 is 17.4 Å². The van der Waals surface area contributed by atoms with Crippen molar-refractivity contribution in [2.45, 2.75) is 31.1 Å². The van der Waals surface area contributed by atoms with Gasteiger partial charge < -0.3 is 9.47 Å². The van der Waals surface area contributed by atoms with Gasteiger partial charge in [-0.05, 0) is 30.5 Å². The number of carbonyl (C=O) groups is 2. The molecular formula is C16H17Cl2NO4. The first kappa shape index (κ1) is 19.3. The maximum atomic E-state index is 11.5. The van der Waals surface area contributed by atoms with Gasteiger partial charge in [-0.2, -0.15) is 5.26 Å². The predicted molar refractivity (Wildman–Crippen MR) is 86.3 cm³/mol. The Morgan fingerprint density at radius 1 is 1.09 bits per heavy atom. The molecule has 5 nitrogen and oxygen atoms in total. The lowest BCUT2D eigenvalue weighted by atomic mass is 9.74. The average molecular weight is 358 g/mol. The number of halogens is 2. The minimum atomic E-state index is -1.06. The Balaban J connectivity index is 3.15. The number of rotatable bonds is 7. The van der Waals surface area contributed by atoms with Crippen molar-refractivity contribution in [3.63, 3.8) is 0 Å². The summed E-state index contributed by atoms with van der Waals surface area (Å²) in [4.78, 5) is 22.9. The zero-order valence-electron chi connectivity index (χ0n) is 12.9. The summed E-state index contributed by atoms with van der Waals surface area (Å²) >= 11 is 11.9. The van der Waals surface area contributed by atoms with Gasteiger partial charge in [-0.1, -0.05) is 29.3 Å². The van der Waals surface area contributed by atoms with Crippen LogP contribution in [-0.4, -0.2) is 26.2 Å². The molecule has 0 saturated heterocycles. The topological polar surface area (TPSA) is 76.4 Å². The zero-order valence-corrected chi connectivity index (χ0v) is 14.4. The molecule has 0 aliphatic rings. The lowest BCUT2D eigenvalue weighted by molar-refractivity contribution is -0.141. The molecule has 0 fully saturated rings. The third-order valence-electron chi connectivity index (χ3n) is 3.65. The van der Waals surface area contributed by atoms with Crippen LogP contribution in [0, 0.1) is 11.3 Å². The lowest BCUT2D eigenvalue weighted by Gasteiger charge is -2.27. The molecule has 0 aliphatic heterocycles. The van der Waals surface area contributed by atoms with Crippen molar-refractivity contribution < 1.29 is 19.1 Å². The third kappa shape index (κ3) is 5.12. The second-order valence-electron chi connectivity index (χ2n) is 4.98. The smallest absolute Gasteiger partial charge is 0.305 e. The van der Waals surface area contributed by atoms with Gasteiger partial charge in [-0.25, -0.2) is 0 Å². The van der Waals surface area contributed by atoms with Gasteiger partial charge in [0.05, 0.1) is 35.7 Å². The molecule has 124 valence electrons. The van der Waals surface area contributed by atoms with Gasteiger partial charge in [0.2, 0.25) is 0 Å². The molecule has 0 unspecified atom stereocenters. The van der Waals surface area contributed by atoms with E-state index in [0.717, 1.165) is 0 Å². The maximum absolute atomic E-state index is 11.5. The summed E-state index contributed by atoms with van der Waals surface area (Å²) in [5, 5.41) is 10.4. The highest BCUT2D eigenvalue weighted by Gasteiger charge is 2.34. The second kappa shape index (κ2) is 8.76. The van der Waals surface area contributed by atoms with Crippen LogP contribution in [-0.2, 0) is 24.5 Å². The summed E-state index contributed by atoms with van der Waals surface area (Å²) < 4.78 is 9.26. The van der Waals surface area contributed by atoms with Crippen LogP contribution in [0.5, 0.6) is 0 Å². The van der Waals surface area contributed by atoms with Gasteiger partial charge in [0.15, 0.2) is 0 Å². The SMILES string of the molecule is COC(=O)CCC(C#N)(CCC(=O)OC)c1ccc(Cl)c(Cl)c1. The Kier molecular flexibility index (Phi) is 7.34. The van der Waals surface area contributed by atoms with E-state index in [9.17, 15) is 14.9 Å². The molecule has 0 aromatic heterocycles. The first-order valence-corrected chi connectivity index (χ1v) is 7.64. The predicted octanol–water partition coefficient (Wildman–Crippen LogP) is 3.66. The minimum absolute atomic E-state index is 0.0471. The van der Waals surface area contributed by atoms with Crippen molar-refractivity contribution in [3.05, 3.63) is 33.8 Å². The van der Waals surface area contributed by atoms with E-state index in [-0.39, 0.29) is 25.7 Å². The monoisotopic (exact) mass is 357 g/mol. The summed E-state index contributed by atoms with van der Waals surface area (Å²) in [6.45, 7) is 0. The average Bonchev–Trinajstić information content (AvgIpc) is 2.57. The molecule has 0 bridgehead atoms. The normalized spacial score (nSPS) is 10.7. The molecule has 1 rings (SSSR count). The Morgan fingerprint density at radius 2 is 1.61 bits per heavy atom. The molecule has 0 amide bonds. The van der Waals surface area contributed by atoms with Gasteiger partial charge in [0.1, 0.15) is 0 Å². The maximum Gasteiger partial charge on any atom is 0.305 e. The van der Waals surface area contributed by atoms with Crippen LogP contribution in [0.15, 0.2) is 18.2 Å². The summed E-state index contributed by atoms with van der Waals surface area (Å²) in [5.74, 6) is -0.856. The van der Waals surface area contributed by atoms with E-state index >= 15 is 0 Å². The molecule has 0 spiro atoms. The van der Waals surface area contributed by atoms with Crippen LogP contribution in [0.3, 0.4) is 0 Å². The fourth-order valence-corrected chi connectivity index (χ4v) is 2.52. The van der Waals surface area contributed by atoms with Crippen molar-refractivity contribution in [1.29, 1.82) is 5.26 Å². The number of carbonyl (C=O) groups excluding carboxylic acids is 2. The molecule has 0 aliphatic carbocycles. The van der Waals surface area contributed by atoms with Crippen LogP contribution < -0.4 is 0 Å². The Labute approximate surface area is 145 Å². The van der Waals surface area contributed by atoms with Gasteiger partial charge in [-0.3, -0.25) is 9.59 Å². The van der Waals surface area contributed by atoms with Gasteiger partial charge in [-0.15, -0.1) is 0 Å². The van der Waals surface area contributed by atoms with E-state index in [1.165, 1.54) is 14.2 Å². The Morgan fingerprint density at radius 3 is 2.00 bits per heavy atom. The molecule has 0 saturated carbocycles. The standard InChI is InChI=1S/C16H17Cl2NO4/c1-22-14(20)5-7-16(10-19,8-6-15(21)23-2)11-3-4-12(17)13(18)9-11/h3-4,9H,5-8H2,1-2H3. The van der Waals surface area contributed by atoms with Crippen LogP contribution in [0.1, 0.15) is 31.2 Å². The molecular weight excluding hydrogens is 341 g/mol. The molecule has 1 aromatic carbocycles. The molecule has 0 N–H and O–H groups in total. The van der Waals surface area contributed by atoms with Gasteiger partial charge in [0.25, 0.3) is 0 Å². The number of ether oxygens (including phenoxy) is 2. The fraction of sp³-hybridized carbons (Fsp3) is 0.438. The first-order chi connectivity index (χ1) is 10.9. The van der Waals surface area contributed by atoms with E-state index in [1.54, 1.807) is 18.2 Å². The third-order valence-corrected chi connectivity index (χ3v) is 4.39. The number of methoxy groups -OCH3 is 2. The van der Waals surface area contributed by atoms with Crippen molar-refractivity contribution in [2.24, 2.45) is 0 Å². The second-order valence-corrected chi connectivity index (χ2v) is 5.79. The van der Waals surface area contributed by atoms with Crippen LogP contribution in [0.2, 0.25) is 10.0 Å². The van der Waals surface area contributed by atoms with Crippen molar-refractivity contribution in [3.8, 4) is 6.07 Å². The molecule has 7 heteroatoms. The Bertz CT molecular complexity index is 605. The first-order valence-electron chi connectivity index (χ1n) is 6.89. The van der Waals surface area contributed by atoms with E-state index in [4.69, 9.17) is 23.2 Å². The molecule has 0 atom stereocenters. The summed E-state index contributed by atoms with van der Waals surface area (Å²) in [7, 11) is 2.56. The van der Waals surface area contributed by atoms with E-state index in [2.05, 4.69) is 15.5 Å². The van der Waals surface area contributed by atoms with Crippen molar-refractivity contribution >= 4 is 35.1 Å². The highest BCUT2D eigenvalue weighted by molar-refractivity contribution is 6.42. The van der Waals surface area contributed by atoms with E-state index in [0.29, 0.717) is 15.6 Å². The summed E-state index contributed by atoms with van der Waals surface area (Å²) in [6.07, 6.45) is 0.493. The van der Waals surface area contributed by atoms with Crippen LogP contribution in [0.25, 0.3) is 0 Å². The van der Waals surface area contributed by atoms with Crippen LogP contribution >= 0.6 is 23.2 Å². The summed E-state index contributed by atoms with van der Waals surface area (Å²) in [6, 6.07) is 7.06. The van der Waals surface area contributed by atoms with E-state index in [1.807, 2.05) is 0 Å². The molecule has 0 radical (unpaired) electrons. The lowest BCUT2D eigenvalue weighted by Crippen LogP contribution is -2.27. The van der Waals surface area contributed by atoms with Crippen molar-refractivity contribution in [1.82, 2.24) is 0 Å². The minimum Gasteiger partial charge on any atom is -0.469 e. The summed E-state index contributed by atoms with van der Waals surface area (Å²) in [5.41, 5.74) is -0.460. The number of hydrogen-bond acceptors (Lipinski definition) is 5. The number of nitrogens with zero attached hydrogens (tertiary/aromatic N) is 1. The highest BCUT2D eigenvalue weighted by Crippen LogP contribution is 2.37. The highest BCUT2D eigenvalue weighted by atomic mass is 35.5. The van der Waals surface area contributed by atoms with Crippen molar-refractivity contribution in [2.75, 3.05) is 14.2 Å². The fourth-order valence-electron chi connectivity index (χ4n) is 2.22. The quantitative estimate of drug-likeness (QED) is 0.695. The molecule has 1 aromatic rings. The number of esters is 2.